The SMILES string of the molecule is O=C(c1ccc(F)cc1)N1CCN(C2=Nc3ccccc3Oc3ccccc32)CC1. The summed E-state index contributed by atoms with van der Waals surface area (Å²) in [4.78, 5) is 21.7. The van der Waals surface area contributed by atoms with E-state index in [-0.39, 0.29) is 11.7 Å². The summed E-state index contributed by atoms with van der Waals surface area (Å²) in [5.74, 6) is 1.93. The number of rotatable bonds is 1. The molecule has 0 atom stereocenters. The largest absolute Gasteiger partial charge is 0.454 e. The van der Waals surface area contributed by atoms with E-state index in [4.69, 9.17) is 9.73 Å². The number of aliphatic imine (C=N–C) groups is 1. The minimum Gasteiger partial charge on any atom is -0.454 e. The highest BCUT2D eigenvalue weighted by Gasteiger charge is 2.27. The third kappa shape index (κ3) is 3.41. The van der Waals surface area contributed by atoms with Gasteiger partial charge in [-0.15, -0.1) is 0 Å². The van der Waals surface area contributed by atoms with Crippen molar-refractivity contribution in [2.75, 3.05) is 26.2 Å². The molecule has 0 unspecified atom stereocenters. The van der Waals surface area contributed by atoms with Gasteiger partial charge < -0.3 is 14.5 Å². The fourth-order valence-corrected chi connectivity index (χ4v) is 3.81. The zero-order valence-electron chi connectivity index (χ0n) is 16.3. The second kappa shape index (κ2) is 7.63. The quantitative estimate of drug-likeness (QED) is 0.605. The first-order valence-electron chi connectivity index (χ1n) is 9.94. The van der Waals surface area contributed by atoms with Crippen LogP contribution < -0.4 is 4.74 Å². The van der Waals surface area contributed by atoms with Crippen LogP contribution in [-0.2, 0) is 0 Å². The molecule has 5 rings (SSSR count). The number of amidine groups is 1. The maximum atomic E-state index is 13.2. The van der Waals surface area contributed by atoms with Gasteiger partial charge in [-0.05, 0) is 48.5 Å². The molecule has 0 saturated carbocycles. The number of carbonyl (C=O) groups is 1. The highest BCUT2D eigenvalue weighted by atomic mass is 19.1. The number of amides is 1. The van der Waals surface area contributed by atoms with Crippen LogP contribution >= 0.6 is 0 Å². The van der Waals surface area contributed by atoms with Gasteiger partial charge in [-0.2, -0.15) is 0 Å². The van der Waals surface area contributed by atoms with Crippen molar-refractivity contribution in [3.8, 4) is 11.5 Å². The third-order valence-electron chi connectivity index (χ3n) is 5.40. The van der Waals surface area contributed by atoms with E-state index in [0.29, 0.717) is 31.7 Å². The average Bonchev–Trinajstić information content (AvgIpc) is 2.96. The minimum absolute atomic E-state index is 0.0773. The Kier molecular flexibility index (Phi) is 4.67. The lowest BCUT2D eigenvalue weighted by Gasteiger charge is -2.36. The van der Waals surface area contributed by atoms with Crippen LogP contribution in [0.15, 0.2) is 77.8 Å². The van der Waals surface area contributed by atoms with Gasteiger partial charge in [-0.25, -0.2) is 9.38 Å². The standard InChI is InChI=1S/C24H20FN3O2/c25-18-11-9-17(10-12-18)24(29)28-15-13-27(14-16-28)23-19-5-1-3-7-21(19)30-22-8-4-2-6-20(22)26-23/h1-12H,13-16H2. The molecule has 0 aromatic heterocycles. The van der Waals surface area contributed by atoms with Gasteiger partial charge in [0.15, 0.2) is 5.75 Å². The van der Waals surface area contributed by atoms with Gasteiger partial charge >= 0.3 is 0 Å². The molecule has 6 heteroatoms. The van der Waals surface area contributed by atoms with E-state index in [2.05, 4.69) is 4.90 Å². The molecular weight excluding hydrogens is 381 g/mol. The van der Waals surface area contributed by atoms with E-state index >= 15 is 0 Å². The molecule has 0 aliphatic carbocycles. The smallest absolute Gasteiger partial charge is 0.253 e. The maximum absolute atomic E-state index is 13.2. The molecule has 2 aliphatic heterocycles. The topological polar surface area (TPSA) is 45.1 Å². The Labute approximate surface area is 174 Å². The van der Waals surface area contributed by atoms with Crippen molar-refractivity contribution in [1.29, 1.82) is 0 Å². The molecule has 1 fully saturated rings. The lowest BCUT2D eigenvalue weighted by Crippen LogP contribution is -2.50. The van der Waals surface area contributed by atoms with E-state index in [9.17, 15) is 9.18 Å². The Morgan fingerprint density at radius 1 is 0.833 bits per heavy atom. The molecule has 1 amide bonds. The van der Waals surface area contributed by atoms with Crippen LogP contribution in [0.25, 0.3) is 0 Å². The van der Waals surface area contributed by atoms with Crippen molar-refractivity contribution in [3.63, 3.8) is 0 Å². The first-order valence-corrected chi connectivity index (χ1v) is 9.94. The number of halogens is 1. The van der Waals surface area contributed by atoms with Crippen molar-refractivity contribution in [1.82, 2.24) is 9.80 Å². The molecular formula is C24H20FN3O2. The van der Waals surface area contributed by atoms with Crippen LogP contribution in [0.5, 0.6) is 11.5 Å². The molecule has 30 heavy (non-hydrogen) atoms. The maximum Gasteiger partial charge on any atom is 0.253 e. The minimum atomic E-state index is -0.344. The second-order valence-electron chi connectivity index (χ2n) is 7.29. The molecule has 0 bridgehead atoms. The molecule has 5 nitrogen and oxygen atoms in total. The van der Waals surface area contributed by atoms with E-state index < -0.39 is 0 Å². The number of carbonyl (C=O) groups excluding carboxylic acids is 1. The van der Waals surface area contributed by atoms with Crippen LogP contribution in [0.3, 0.4) is 0 Å². The summed E-state index contributed by atoms with van der Waals surface area (Å²) in [6.07, 6.45) is 0. The van der Waals surface area contributed by atoms with Crippen molar-refractivity contribution < 1.29 is 13.9 Å². The zero-order chi connectivity index (χ0) is 20.5. The molecule has 0 N–H and O–H groups in total. The first-order chi connectivity index (χ1) is 14.7. The number of hydrogen-bond donors (Lipinski definition) is 0. The number of hydrogen-bond acceptors (Lipinski definition) is 4. The Bertz CT molecular complexity index is 1120. The Hall–Kier alpha value is -3.67. The van der Waals surface area contributed by atoms with Crippen molar-refractivity contribution in [3.05, 3.63) is 89.7 Å². The summed E-state index contributed by atoms with van der Waals surface area (Å²) in [7, 11) is 0. The molecule has 3 aromatic carbocycles. The van der Waals surface area contributed by atoms with Gasteiger partial charge in [0.2, 0.25) is 0 Å². The molecule has 2 heterocycles. The van der Waals surface area contributed by atoms with Gasteiger partial charge in [0.1, 0.15) is 23.1 Å². The number of ether oxygens (including phenoxy) is 1. The average molecular weight is 401 g/mol. The first kappa shape index (κ1) is 18.4. The number of para-hydroxylation sites is 3. The molecule has 1 saturated heterocycles. The fourth-order valence-electron chi connectivity index (χ4n) is 3.81. The van der Waals surface area contributed by atoms with Gasteiger partial charge in [-0.1, -0.05) is 24.3 Å². The van der Waals surface area contributed by atoms with Crippen molar-refractivity contribution in [2.24, 2.45) is 4.99 Å². The Morgan fingerprint density at radius 3 is 2.27 bits per heavy atom. The summed E-state index contributed by atoms with van der Waals surface area (Å²) < 4.78 is 19.3. The van der Waals surface area contributed by atoms with Crippen LogP contribution in [0, 0.1) is 5.82 Å². The van der Waals surface area contributed by atoms with Gasteiger partial charge in [-0.3, -0.25) is 4.79 Å². The predicted molar refractivity (Wildman–Crippen MR) is 113 cm³/mol. The fraction of sp³-hybridized carbons (Fsp3) is 0.167. The summed E-state index contributed by atoms with van der Waals surface area (Å²) in [6.45, 7) is 2.45. The van der Waals surface area contributed by atoms with Crippen LogP contribution in [0.4, 0.5) is 10.1 Å². The molecule has 150 valence electrons. The molecule has 3 aromatic rings. The number of nitrogens with zero attached hydrogens (tertiary/aromatic N) is 3. The van der Waals surface area contributed by atoms with Gasteiger partial charge in [0.25, 0.3) is 5.91 Å². The monoisotopic (exact) mass is 401 g/mol. The van der Waals surface area contributed by atoms with Gasteiger partial charge in [0.05, 0.1) is 5.56 Å². The Morgan fingerprint density at radius 2 is 1.50 bits per heavy atom. The van der Waals surface area contributed by atoms with E-state index in [1.807, 2.05) is 48.5 Å². The lowest BCUT2D eigenvalue weighted by molar-refractivity contribution is 0.0692. The summed E-state index contributed by atoms with van der Waals surface area (Å²) in [6, 6.07) is 21.3. The van der Waals surface area contributed by atoms with Crippen molar-refractivity contribution >= 4 is 17.4 Å². The summed E-state index contributed by atoms with van der Waals surface area (Å²) in [5, 5.41) is 0. The number of fused-ring (bicyclic) bond motifs is 2. The number of piperazine rings is 1. The normalized spacial score (nSPS) is 15.4. The third-order valence-corrected chi connectivity index (χ3v) is 5.40. The van der Waals surface area contributed by atoms with Crippen LogP contribution in [0.2, 0.25) is 0 Å². The van der Waals surface area contributed by atoms with E-state index in [0.717, 1.165) is 28.6 Å². The Balaban J connectivity index is 1.39. The number of benzene rings is 3. The second-order valence-corrected chi connectivity index (χ2v) is 7.29. The molecule has 2 aliphatic rings. The molecule has 0 spiro atoms. The zero-order valence-corrected chi connectivity index (χ0v) is 16.3. The van der Waals surface area contributed by atoms with Crippen LogP contribution in [0.1, 0.15) is 15.9 Å². The van der Waals surface area contributed by atoms with Crippen molar-refractivity contribution in [2.45, 2.75) is 0 Å². The molecule has 0 radical (unpaired) electrons. The van der Waals surface area contributed by atoms with Gasteiger partial charge in [0, 0.05) is 31.7 Å². The van der Waals surface area contributed by atoms with E-state index in [1.165, 1.54) is 24.3 Å². The summed E-state index contributed by atoms with van der Waals surface area (Å²) >= 11 is 0. The summed E-state index contributed by atoms with van der Waals surface area (Å²) in [5.41, 5.74) is 2.23. The highest BCUT2D eigenvalue weighted by Crippen LogP contribution is 2.37. The lowest BCUT2D eigenvalue weighted by atomic mass is 10.1. The van der Waals surface area contributed by atoms with E-state index in [1.54, 1.807) is 4.90 Å². The van der Waals surface area contributed by atoms with Crippen LogP contribution in [-0.4, -0.2) is 47.7 Å². The predicted octanol–water partition coefficient (Wildman–Crippen LogP) is 4.47. The highest BCUT2D eigenvalue weighted by molar-refractivity contribution is 6.04.